The molecule has 126 valence electrons. The van der Waals surface area contributed by atoms with E-state index < -0.39 is 0 Å². The molecule has 0 unspecified atom stereocenters. The number of anilines is 1. The first kappa shape index (κ1) is 17.7. The molecule has 6 nitrogen and oxygen atoms in total. The van der Waals surface area contributed by atoms with Gasteiger partial charge in [-0.1, -0.05) is 6.07 Å². The molecule has 0 spiro atoms. The second kappa shape index (κ2) is 8.83. The Morgan fingerprint density at radius 2 is 1.83 bits per heavy atom. The smallest absolute Gasteiger partial charge is 0.252 e. The molecule has 0 bridgehead atoms. The molecule has 2 rings (SSSR count). The predicted molar refractivity (Wildman–Crippen MR) is 94.3 cm³/mol. The van der Waals surface area contributed by atoms with Crippen molar-refractivity contribution in [3.63, 3.8) is 0 Å². The van der Waals surface area contributed by atoms with Crippen molar-refractivity contribution >= 4 is 34.7 Å². The van der Waals surface area contributed by atoms with Crippen molar-refractivity contribution in [1.29, 1.82) is 0 Å². The fourth-order valence-corrected chi connectivity index (χ4v) is 2.65. The van der Waals surface area contributed by atoms with Crippen molar-refractivity contribution in [3.05, 3.63) is 52.2 Å². The summed E-state index contributed by atoms with van der Waals surface area (Å²) in [6, 6.07) is 8.45. The SMILES string of the molecule is CCNC(=O)c1cccc(NC(=O)CCNC(=O)c2ccsc2)c1. The summed E-state index contributed by atoms with van der Waals surface area (Å²) < 4.78 is 0. The fraction of sp³-hybridized carbons (Fsp3) is 0.235. The molecule has 0 aliphatic heterocycles. The predicted octanol–water partition coefficient (Wildman–Crippen LogP) is 2.26. The normalized spacial score (nSPS) is 10.0. The highest BCUT2D eigenvalue weighted by molar-refractivity contribution is 7.08. The molecule has 0 aliphatic carbocycles. The van der Waals surface area contributed by atoms with Gasteiger partial charge in [-0.2, -0.15) is 11.3 Å². The van der Waals surface area contributed by atoms with Crippen LogP contribution in [0.1, 0.15) is 34.1 Å². The van der Waals surface area contributed by atoms with E-state index in [4.69, 9.17) is 0 Å². The highest BCUT2D eigenvalue weighted by atomic mass is 32.1. The Hall–Kier alpha value is -2.67. The van der Waals surface area contributed by atoms with Crippen LogP contribution in [0.2, 0.25) is 0 Å². The van der Waals surface area contributed by atoms with E-state index in [1.165, 1.54) is 11.3 Å². The Morgan fingerprint density at radius 3 is 2.54 bits per heavy atom. The maximum atomic E-state index is 11.9. The van der Waals surface area contributed by atoms with Gasteiger partial charge < -0.3 is 16.0 Å². The van der Waals surface area contributed by atoms with E-state index in [2.05, 4.69) is 16.0 Å². The van der Waals surface area contributed by atoms with Crippen LogP contribution in [0.5, 0.6) is 0 Å². The Bertz CT molecular complexity index is 714. The Morgan fingerprint density at radius 1 is 1.04 bits per heavy atom. The van der Waals surface area contributed by atoms with Gasteiger partial charge in [-0.25, -0.2) is 0 Å². The first-order valence-corrected chi connectivity index (χ1v) is 8.53. The van der Waals surface area contributed by atoms with Crippen molar-refractivity contribution < 1.29 is 14.4 Å². The Labute approximate surface area is 144 Å². The third-order valence-electron chi connectivity index (χ3n) is 3.17. The molecule has 0 fully saturated rings. The monoisotopic (exact) mass is 345 g/mol. The number of nitrogens with one attached hydrogen (secondary N) is 3. The van der Waals surface area contributed by atoms with E-state index in [0.717, 1.165) is 0 Å². The Kier molecular flexibility index (Phi) is 6.51. The lowest BCUT2D eigenvalue weighted by atomic mass is 10.2. The van der Waals surface area contributed by atoms with Crippen molar-refractivity contribution in [2.45, 2.75) is 13.3 Å². The van der Waals surface area contributed by atoms with Crippen molar-refractivity contribution in [3.8, 4) is 0 Å². The molecule has 1 aromatic heterocycles. The summed E-state index contributed by atoms with van der Waals surface area (Å²) in [5.41, 5.74) is 1.63. The molecule has 1 heterocycles. The molecule has 2 aromatic rings. The molecule has 0 saturated heterocycles. The summed E-state index contributed by atoms with van der Waals surface area (Å²) in [5.74, 6) is -0.604. The molecule has 3 N–H and O–H groups in total. The zero-order chi connectivity index (χ0) is 17.4. The number of amides is 3. The van der Waals surface area contributed by atoms with Gasteiger partial charge in [-0.05, 0) is 36.6 Å². The molecule has 0 radical (unpaired) electrons. The minimum Gasteiger partial charge on any atom is -0.352 e. The number of carbonyl (C=O) groups is 3. The summed E-state index contributed by atoms with van der Waals surface area (Å²) in [6.07, 6.45) is 0.154. The number of carbonyl (C=O) groups excluding carboxylic acids is 3. The molecule has 0 atom stereocenters. The van der Waals surface area contributed by atoms with Gasteiger partial charge in [0.15, 0.2) is 0 Å². The second-order valence-corrected chi connectivity index (χ2v) is 5.79. The highest BCUT2D eigenvalue weighted by Crippen LogP contribution is 2.11. The average molecular weight is 345 g/mol. The van der Waals surface area contributed by atoms with Crippen LogP contribution in [0, 0.1) is 0 Å². The minimum absolute atomic E-state index is 0.154. The molecule has 24 heavy (non-hydrogen) atoms. The minimum atomic E-state index is -0.228. The lowest BCUT2D eigenvalue weighted by molar-refractivity contribution is -0.116. The number of thiophene rings is 1. The van der Waals surface area contributed by atoms with E-state index in [9.17, 15) is 14.4 Å². The van der Waals surface area contributed by atoms with Crippen molar-refractivity contribution in [1.82, 2.24) is 10.6 Å². The molecule has 0 saturated carbocycles. The molecule has 3 amide bonds. The van der Waals surface area contributed by atoms with E-state index in [0.29, 0.717) is 23.4 Å². The van der Waals surface area contributed by atoms with Gasteiger partial charge in [-0.15, -0.1) is 0 Å². The molecule has 0 aliphatic rings. The van der Waals surface area contributed by atoms with Gasteiger partial charge in [0, 0.05) is 41.7 Å². The quantitative estimate of drug-likeness (QED) is 0.719. The molecule has 1 aromatic carbocycles. The Balaban J connectivity index is 1.81. The van der Waals surface area contributed by atoms with Crippen LogP contribution >= 0.6 is 11.3 Å². The van der Waals surface area contributed by atoms with E-state index in [-0.39, 0.29) is 30.7 Å². The average Bonchev–Trinajstić information content (AvgIpc) is 3.10. The maximum Gasteiger partial charge on any atom is 0.252 e. The largest absolute Gasteiger partial charge is 0.352 e. The van der Waals surface area contributed by atoms with Crippen LogP contribution in [0.25, 0.3) is 0 Å². The number of hydrogen-bond donors (Lipinski definition) is 3. The van der Waals surface area contributed by atoms with Crippen molar-refractivity contribution in [2.75, 3.05) is 18.4 Å². The summed E-state index contributed by atoms with van der Waals surface area (Å²) >= 11 is 1.44. The van der Waals surface area contributed by atoms with Gasteiger partial charge >= 0.3 is 0 Å². The number of hydrogen-bond acceptors (Lipinski definition) is 4. The van der Waals surface area contributed by atoms with Gasteiger partial charge in [0.2, 0.25) is 5.91 Å². The number of rotatable bonds is 7. The third kappa shape index (κ3) is 5.20. The first-order chi connectivity index (χ1) is 11.6. The van der Waals surface area contributed by atoms with Crippen LogP contribution in [-0.4, -0.2) is 30.8 Å². The highest BCUT2D eigenvalue weighted by Gasteiger charge is 2.09. The topological polar surface area (TPSA) is 87.3 Å². The van der Waals surface area contributed by atoms with E-state index in [1.54, 1.807) is 35.7 Å². The van der Waals surface area contributed by atoms with Gasteiger partial charge in [-0.3, -0.25) is 14.4 Å². The molecular formula is C17H19N3O3S. The van der Waals surface area contributed by atoms with Gasteiger partial charge in [0.25, 0.3) is 11.8 Å². The molecular weight excluding hydrogens is 326 g/mol. The van der Waals surface area contributed by atoms with Crippen LogP contribution in [0.4, 0.5) is 5.69 Å². The lowest BCUT2D eigenvalue weighted by Crippen LogP contribution is -2.27. The van der Waals surface area contributed by atoms with Crippen LogP contribution < -0.4 is 16.0 Å². The molecule has 7 heteroatoms. The van der Waals surface area contributed by atoms with Gasteiger partial charge in [0.1, 0.15) is 0 Å². The number of benzene rings is 1. The van der Waals surface area contributed by atoms with Crippen LogP contribution in [0.3, 0.4) is 0 Å². The second-order valence-electron chi connectivity index (χ2n) is 5.01. The summed E-state index contributed by atoms with van der Waals surface area (Å²) in [7, 11) is 0. The van der Waals surface area contributed by atoms with E-state index in [1.807, 2.05) is 12.3 Å². The summed E-state index contributed by atoms with van der Waals surface area (Å²) in [6.45, 7) is 2.63. The zero-order valence-corrected chi connectivity index (χ0v) is 14.1. The summed E-state index contributed by atoms with van der Waals surface area (Å²) in [4.78, 5) is 35.4. The standard InChI is InChI=1S/C17H19N3O3S/c1-2-18-16(22)12-4-3-5-14(10-12)20-15(21)6-8-19-17(23)13-7-9-24-11-13/h3-5,7,9-11H,2,6,8H2,1H3,(H,18,22)(H,19,23)(H,20,21). The maximum absolute atomic E-state index is 11.9. The third-order valence-corrected chi connectivity index (χ3v) is 3.85. The van der Waals surface area contributed by atoms with Crippen LogP contribution in [-0.2, 0) is 4.79 Å². The van der Waals surface area contributed by atoms with E-state index >= 15 is 0 Å². The zero-order valence-electron chi connectivity index (χ0n) is 13.3. The van der Waals surface area contributed by atoms with Crippen LogP contribution in [0.15, 0.2) is 41.1 Å². The van der Waals surface area contributed by atoms with Crippen molar-refractivity contribution in [2.24, 2.45) is 0 Å². The van der Waals surface area contributed by atoms with Gasteiger partial charge in [0.05, 0.1) is 0 Å². The first-order valence-electron chi connectivity index (χ1n) is 7.58. The summed E-state index contributed by atoms with van der Waals surface area (Å²) in [5, 5.41) is 11.7. The lowest BCUT2D eigenvalue weighted by Gasteiger charge is -2.08. The fourth-order valence-electron chi connectivity index (χ4n) is 2.01.